The molecule has 0 aromatic heterocycles. The normalized spacial score (nSPS) is 32.1. The van der Waals surface area contributed by atoms with Gasteiger partial charge in [-0.1, -0.05) is 31.2 Å². The highest BCUT2D eigenvalue weighted by Gasteiger charge is 2.46. The van der Waals surface area contributed by atoms with Crippen molar-refractivity contribution in [2.75, 3.05) is 0 Å². The first-order chi connectivity index (χ1) is 16.6. The molecule has 0 radical (unpaired) electrons. The van der Waals surface area contributed by atoms with Crippen LogP contribution in [0.5, 0.6) is 11.5 Å². The van der Waals surface area contributed by atoms with Gasteiger partial charge in [0.1, 0.15) is 11.5 Å². The second-order valence-corrected chi connectivity index (χ2v) is 9.79. The van der Waals surface area contributed by atoms with E-state index in [0.717, 1.165) is 0 Å². The molecule has 2 aromatic rings. The van der Waals surface area contributed by atoms with Crippen LogP contribution in [0, 0.1) is 0 Å². The summed E-state index contributed by atoms with van der Waals surface area (Å²) in [5, 5.41) is 44.0. The molecular formula is C26H29NO8. The molecule has 6 atom stereocenters. The molecule has 9 heteroatoms. The minimum atomic E-state index is -1.29. The second kappa shape index (κ2) is 8.39. The van der Waals surface area contributed by atoms with Crippen LogP contribution in [0.3, 0.4) is 0 Å². The minimum Gasteiger partial charge on any atom is -0.507 e. The zero-order valence-corrected chi connectivity index (χ0v) is 19.5. The Labute approximate surface area is 202 Å². The maximum atomic E-state index is 13.3. The Kier molecular flexibility index (Phi) is 5.73. The topological polar surface area (TPSA) is 160 Å². The molecular weight excluding hydrogens is 454 g/mol. The number of carbonyl (C=O) groups is 2. The maximum absolute atomic E-state index is 13.3. The quantitative estimate of drug-likeness (QED) is 0.350. The summed E-state index contributed by atoms with van der Waals surface area (Å²) in [4.78, 5) is 26.6. The number of benzene rings is 2. The van der Waals surface area contributed by atoms with Crippen molar-refractivity contribution in [3.63, 3.8) is 0 Å². The number of hydrogen-bond acceptors (Lipinski definition) is 9. The van der Waals surface area contributed by atoms with Gasteiger partial charge in [-0.15, -0.1) is 0 Å². The summed E-state index contributed by atoms with van der Waals surface area (Å²) >= 11 is 0. The highest BCUT2D eigenvalue weighted by atomic mass is 16.7. The fourth-order valence-electron chi connectivity index (χ4n) is 5.50. The van der Waals surface area contributed by atoms with Gasteiger partial charge in [0.25, 0.3) is 0 Å². The van der Waals surface area contributed by atoms with Crippen LogP contribution in [-0.4, -0.2) is 62.1 Å². The predicted octanol–water partition coefficient (Wildman–Crippen LogP) is 1.84. The van der Waals surface area contributed by atoms with E-state index in [1.807, 2.05) is 0 Å². The largest absolute Gasteiger partial charge is 0.507 e. The third kappa shape index (κ3) is 3.66. The molecule has 6 N–H and O–H groups in total. The van der Waals surface area contributed by atoms with Crippen molar-refractivity contribution in [1.29, 1.82) is 0 Å². The summed E-state index contributed by atoms with van der Waals surface area (Å²) in [5.41, 5.74) is 4.79. The first-order valence-electron chi connectivity index (χ1n) is 11.8. The third-order valence-corrected chi connectivity index (χ3v) is 7.58. The third-order valence-electron chi connectivity index (χ3n) is 7.58. The Balaban J connectivity index is 1.64. The monoisotopic (exact) mass is 483 g/mol. The molecule has 2 aliphatic carbocycles. The fraction of sp³-hybridized carbons (Fsp3) is 0.462. The van der Waals surface area contributed by atoms with E-state index in [1.165, 1.54) is 12.1 Å². The van der Waals surface area contributed by atoms with Gasteiger partial charge in [-0.05, 0) is 13.3 Å². The number of phenolic OH excluding ortho intramolecular Hbond substituents is 2. The van der Waals surface area contributed by atoms with Crippen molar-refractivity contribution < 1.29 is 39.5 Å². The van der Waals surface area contributed by atoms with Crippen LogP contribution in [0.4, 0.5) is 0 Å². The summed E-state index contributed by atoms with van der Waals surface area (Å²) in [5.74, 6) is -2.03. The average molecular weight is 484 g/mol. The summed E-state index contributed by atoms with van der Waals surface area (Å²) in [7, 11) is 0. The number of aromatic hydroxyl groups is 2. The number of aliphatic hydroxyl groups excluding tert-OH is 1. The number of ketones is 2. The Morgan fingerprint density at radius 2 is 1.71 bits per heavy atom. The first kappa shape index (κ1) is 23.9. The van der Waals surface area contributed by atoms with Gasteiger partial charge in [0, 0.05) is 47.6 Å². The molecule has 1 heterocycles. The molecule has 5 rings (SSSR count). The van der Waals surface area contributed by atoms with E-state index in [1.54, 1.807) is 26.0 Å². The molecule has 3 aliphatic rings. The standard InChI is InChI=1S/C26H29NO8/c1-3-26(33)9-14-18(16(10-26)35-17-8-15(27)21(28)11(2)34-17)25(32)20-19(24(14)31)22(29)12-6-4-5-7-13(12)23(20)30/h4-7,11,15-17,21,28,31-33H,3,8-10,27H2,1-2H3/t11-,15-,16-,17-,21-,26-/m0/s1. The van der Waals surface area contributed by atoms with Gasteiger partial charge in [-0.25, -0.2) is 0 Å². The summed E-state index contributed by atoms with van der Waals surface area (Å²) < 4.78 is 11.9. The number of aliphatic hydroxyl groups is 2. The van der Waals surface area contributed by atoms with Crippen LogP contribution >= 0.6 is 0 Å². The first-order valence-corrected chi connectivity index (χ1v) is 11.8. The molecule has 0 amide bonds. The molecule has 0 saturated carbocycles. The summed E-state index contributed by atoms with van der Waals surface area (Å²) in [6, 6.07) is 5.65. The van der Waals surface area contributed by atoms with Crippen molar-refractivity contribution in [3.05, 3.63) is 57.6 Å². The molecule has 0 bridgehead atoms. The van der Waals surface area contributed by atoms with Crippen molar-refractivity contribution in [1.82, 2.24) is 0 Å². The van der Waals surface area contributed by atoms with Crippen LogP contribution in [-0.2, 0) is 15.9 Å². The molecule has 1 aliphatic heterocycles. The SMILES string of the molecule is CC[C@]1(O)Cc2c(O)c3c(c(O)c2[C@@H](O[C@H]2C[C@H](N)[C@@H](O)[C@H](C)O2)C1)C(=O)c1ccccc1C3=O. The minimum absolute atomic E-state index is 0.0331. The molecule has 9 nitrogen and oxygen atoms in total. The predicted molar refractivity (Wildman–Crippen MR) is 123 cm³/mol. The van der Waals surface area contributed by atoms with E-state index in [0.29, 0.717) is 6.42 Å². The maximum Gasteiger partial charge on any atom is 0.198 e. The van der Waals surface area contributed by atoms with E-state index in [-0.39, 0.29) is 52.6 Å². The molecule has 1 saturated heterocycles. The highest BCUT2D eigenvalue weighted by Crippen LogP contribution is 2.52. The van der Waals surface area contributed by atoms with Crippen LogP contribution in [0.15, 0.2) is 24.3 Å². The van der Waals surface area contributed by atoms with Gasteiger partial charge in [-0.3, -0.25) is 9.59 Å². The van der Waals surface area contributed by atoms with E-state index in [9.17, 15) is 30.0 Å². The van der Waals surface area contributed by atoms with Crippen LogP contribution in [0.25, 0.3) is 0 Å². The van der Waals surface area contributed by atoms with Crippen molar-refractivity contribution >= 4 is 11.6 Å². The van der Waals surface area contributed by atoms with E-state index < -0.39 is 59.3 Å². The number of carbonyl (C=O) groups excluding carboxylic acids is 2. The number of fused-ring (bicyclic) bond motifs is 3. The fourth-order valence-corrected chi connectivity index (χ4v) is 5.50. The number of nitrogens with two attached hydrogens (primary N) is 1. The summed E-state index contributed by atoms with van der Waals surface area (Å²) in [6.45, 7) is 3.45. The second-order valence-electron chi connectivity index (χ2n) is 9.79. The van der Waals surface area contributed by atoms with Crippen LogP contribution in [0.1, 0.15) is 82.2 Å². The lowest BCUT2D eigenvalue weighted by molar-refractivity contribution is -0.247. The lowest BCUT2D eigenvalue weighted by Gasteiger charge is -2.42. The van der Waals surface area contributed by atoms with Crippen LogP contribution < -0.4 is 5.73 Å². The number of ether oxygens (including phenoxy) is 2. The highest BCUT2D eigenvalue weighted by molar-refractivity contribution is 6.30. The zero-order chi connectivity index (χ0) is 25.2. The molecule has 0 spiro atoms. The number of rotatable bonds is 3. The van der Waals surface area contributed by atoms with Gasteiger partial charge < -0.3 is 35.6 Å². The molecule has 2 aromatic carbocycles. The van der Waals surface area contributed by atoms with Crippen molar-refractivity contribution in [2.45, 2.75) is 75.8 Å². The zero-order valence-electron chi connectivity index (χ0n) is 19.5. The van der Waals surface area contributed by atoms with Gasteiger partial charge >= 0.3 is 0 Å². The van der Waals surface area contributed by atoms with Gasteiger partial charge in [-0.2, -0.15) is 0 Å². The Morgan fingerprint density at radius 3 is 2.29 bits per heavy atom. The number of hydrogen-bond donors (Lipinski definition) is 5. The molecule has 1 fully saturated rings. The molecule has 35 heavy (non-hydrogen) atoms. The van der Waals surface area contributed by atoms with E-state index in [2.05, 4.69) is 0 Å². The molecule has 186 valence electrons. The Bertz CT molecular complexity index is 1210. The lowest BCUT2D eigenvalue weighted by atomic mass is 9.72. The smallest absolute Gasteiger partial charge is 0.198 e. The summed E-state index contributed by atoms with van der Waals surface area (Å²) in [6.07, 6.45) is -2.76. The average Bonchev–Trinajstić information content (AvgIpc) is 2.83. The van der Waals surface area contributed by atoms with Crippen molar-refractivity contribution in [2.24, 2.45) is 5.73 Å². The van der Waals surface area contributed by atoms with E-state index >= 15 is 0 Å². The van der Waals surface area contributed by atoms with Gasteiger partial charge in [0.05, 0.1) is 35.0 Å². The van der Waals surface area contributed by atoms with Crippen LogP contribution in [0.2, 0.25) is 0 Å². The Morgan fingerprint density at radius 1 is 1.11 bits per heavy atom. The van der Waals surface area contributed by atoms with Gasteiger partial charge in [0.15, 0.2) is 17.9 Å². The molecule has 0 unspecified atom stereocenters. The van der Waals surface area contributed by atoms with Gasteiger partial charge in [0.2, 0.25) is 0 Å². The van der Waals surface area contributed by atoms with E-state index in [4.69, 9.17) is 15.2 Å². The van der Waals surface area contributed by atoms with Crippen molar-refractivity contribution in [3.8, 4) is 11.5 Å². The Hall–Kier alpha value is -2.82. The number of phenols is 2. The lowest BCUT2D eigenvalue weighted by Crippen LogP contribution is -2.52.